The first kappa shape index (κ1) is 20.9. The predicted octanol–water partition coefficient (Wildman–Crippen LogP) is 4.34. The maximum absolute atomic E-state index is 12.1. The van der Waals surface area contributed by atoms with Crippen molar-refractivity contribution in [3.8, 4) is 5.75 Å². The first-order chi connectivity index (χ1) is 13.8. The Labute approximate surface area is 169 Å². The van der Waals surface area contributed by atoms with Gasteiger partial charge in [-0.05, 0) is 44.0 Å². The summed E-state index contributed by atoms with van der Waals surface area (Å²) in [7, 11) is 1.54. The summed E-state index contributed by atoms with van der Waals surface area (Å²) in [4.78, 5) is 12.1. The summed E-state index contributed by atoms with van der Waals surface area (Å²) in [5.41, 5.74) is 4.18. The Hall–Kier alpha value is -2.87. The van der Waals surface area contributed by atoms with Crippen molar-refractivity contribution in [2.45, 2.75) is 33.3 Å². The van der Waals surface area contributed by atoms with Gasteiger partial charge in [0, 0.05) is 12.0 Å². The van der Waals surface area contributed by atoms with Crippen LogP contribution in [0.3, 0.4) is 0 Å². The number of nitrogens with zero attached hydrogens (tertiary/aromatic N) is 1. The molecule has 1 aromatic heterocycles. The molecule has 1 saturated heterocycles. The van der Waals surface area contributed by atoms with Gasteiger partial charge in [-0.25, -0.2) is 4.79 Å². The zero-order valence-corrected chi connectivity index (χ0v) is 16.9. The molecule has 2 aromatic rings. The molecule has 154 valence electrons. The summed E-state index contributed by atoms with van der Waals surface area (Å²) in [6, 6.07) is 6.80. The average Bonchev–Trinajstić information content (AvgIpc) is 3.13. The predicted molar refractivity (Wildman–Crippen MR) is 109 cm³/mol. The van der Waals surface area contributed by atoms with E-state index in [1.165, 1.54) is 0 Å². The molecule has 0 amide bonds. The summed E-state index contributed by atoms with van der Waals surface area (Å²) in [5.74, 6) is 1.05. The van der Waals surface area contributed by atoms with Crippen molar-refractivity contribution in [2.24, 2.45) is 0 Å². The summed E-state index contributed by atoms with van der Waals surface area (Å²) in [6.07, 6.45) is 4.35. The molecule has 0 spiro atoms. The second-order valence-electron chi connectivity index (χ2n) is 7.11. The fraction of sp³-hybridized carbons (Fsp3) is 0.318. The fourth-order valence-electron chi connectivity index (χ4n) is 3.52. The summed E-state index contributed by atoms with van der Waals surface area (Å²) >= 11 is 0. The Kier molecular flexibility index (Phi) is 6.22. The first-order valence-electron chi connectivity index (χ1n) is 9.25. The second kappa shape index (κ2) is 8.65. The van der Waals surface area contributed by atoms with E-state index in [1.54, 1.807) is 38.3 Å². The molecule has 1 unspecified atom stereocenters. The lowest BCUT2D eigenvalue weighted by Crippen LogP contribution is -2.12. The van der Waals surface area contributed by atoms with Gasteiger partial charge in [0.05, 0.1) is 25.0 Å². The average molecular weight is 399 g/mol. The Morgan fingerprint density at radius 1 is 1.21 bits per heavy atom. The lowest BCUT2D eigenvalue weighted by atomic mass is 10.0. The van der Waals surface area contributed by atoms with E-state index in [1.807, 2.05) is 19.9 Å². The zero-order valence-electron chi connectivity index (χ0n) is 16.9. The monoisotopic (exact) mass is 399 g/mol. The molecule has 0 aliphatic carbocycles. The highest BCUT2D eigenvalue weighted by atomic mass is 16.8. The van der Waals surface area contributed by atoms with E-state index >= 15 is 0 Å². The van der Waals surface area contributed by atoms with Gasteiger partial charge >= 0.3 is 5.63 Å². The van der Waals surface area contributed by atoms with Crippen LogP contribution in [-0.2, 0) is 4.74 Å². The number of allylic oxidation sites excluding steroid dienone is 2. The number of hydrogen-bond donors (Lipinski definition) is 2. The van der Waals surface area contributed by atoms with E-state index in [0.29, 0.717) is 30.1 Å². The van der Waals surface area contributed by atoms with Gasteiger partial charge in [-0.3, -0.25) is 10.4 Å². The van der Waals surface area contributed by atoms with E-state index in [2.05, 4.69) is 6.08 Å². The molecule has 1 aliphatic heterocycles. The Balaban J connectivity index is 1.77. The van der Waals surface area contributed by atoms with Crippen molar-refractivity contribution in [2.75, 3.05) is 18.9 Å². The summed E-state index contributed by atoms with van der Waals surface area (Å²) in [5, 5.41) is 18.1. The fourth-order valence-corrected chi connectivity index (χ4v) is 3.52. The molecule has 29 heavy (non-hydrogen) atoms. The normalized spacial score (nSPS) is 18.3. The van der Waals surface area contributed by atoms with Gasteiger partial charge in [-0.2, -0.15) is 0 Å². The lowest BCUT2D eigenvalue weighted by molar-refractivity contribution is 0.0291. The molecule has 0 saturated carbocycles. The van der Waals surface area contributed by atoms with E-state index in [4.69, 9.17) is 24.3 Å². The first-order valence-corrected chi connectivity index (χ1v) is 9.25. The van der Waals surface area contributed by atoms with Crippen LogP contribution in [0, 0.1) is 13.8 Å². The van der Waals surface area contributed by atoms with Gasteiger partial charge in [0.2, 0.25) is 0 Å². The minimum Gasteiger partial charge on any atom is -0.496 e. The SMILES string of the molecule is COc1c(C)c(C2CC(=CC(C)=Cc3ccc(N(O)O)cc3)CO2)oc(=O)c1C. The Morgan fingerprint density at radius 2 is 1.90 bits per heavy atom. The van der Waals surface area contributed by atoms with Crippen LogP contribution < -0.4 is 15.6 Å². The van der Waals surface area contributed by atoms with Crippen LogP contribution in [0.15, 0.2) is 50.7 Å². The largest absolute Gasteiger partial charge is 0.496 e. The van der Waals surface area contributed by atoms with Crippen molar-refractivity contribution < 1.29 is 24.3 Å². The van der Waals surface area contributed by atoms with Crippen molar-refractivity contribution in [3.63, 3.8) is 0 Å². The van der Waals surface area contributed by atoms with Crippen molar-refractivity contribution in [1.82, 2.24) is 0 Å². The molecule has 7 nitrogen and oxygen atoms in total. The van der Waals surface area contributed by atoms with Crippen molar-refractivity contribution >= 4 is 11.8 Å². The van der Waals surface area contributed by atoms with Crippen molar-refractivity contribution in [3.05, 3.63) is 74.4 Å². The number of rotatable bonds is 5. The van der Waals surface area contributed by atoms with Crippen LogP contribution in [0.1, 0.15) is 41.9 Å². The standard InChI is InChI=1S/C22H25NO6/c1-13(9-16-5-7-18(8-6-16)23(25)26)10-17-11-19(28-12-17)21-14(2)20(27-4)15(3)22(24)29-21/h5-10,19,25-26H,11-12H2,1-4H3. The quantitative estimate of drug-likeness (QED) is 0.723. The minimum absolute atomic E-state index is 0.0821. The van der Waals surface area contributed by atoms with E-state index in [9.17, 15) is 4.79 Å². The third kappa shape index (κ3) is 4.59. The number of ether oxygens (including phenoxy) is 2. The van der Waals surface area contributed by atoms with Crippen LogP contribution in [0.4, 0.5) is 5.69 Å². The van der Waals surface area contributed by atoms with Crippen molar-refractivity contribution in [1.29, 1.82) is 0 Å². The third-order valence-corrected chi connectivity index (χ3v) is 4.92. The molecule has 1 fully saturated rings. The van der Waals surface area contributed by atoms with Crippen LogP contribution in [0.5, 0.6) is 5.75 Å². The minimum atomic E-state index is -0.410. The van der Waals surface area contributed by atoms with Crippen LogP contribution >= 0.6 is 0 Å². The van der Waals surface area contributed by atoms with E-state index < -0.39 is 5.63 Å². The molecule has 2 heterocycles. The zero-order chi connectivity index (χ0) is 21.1. The number of benzene rings is 1. The molecule has 2 N–H and O–H groups in total. The van der Waals surface area contributed by atoms with Crippen LogP contribution in [-0.4, -0.2) is 24.1 Å². The topological polar surface area (TPSA) is 92.4 Å². The molecule has 1 aromatic carbocycles. The highest BCUT2D eigenvalue weighted by Crippen LogP contribution is 2.37. The molecule has 1 atom stereocenters. The van der Waals surface area contributed by atoms with Gasteiger partial charge in [0.25, 0.3) is 0 Å². The van der Waals surface area contributed by atoms with Gasteiger partial charge in [0.15, 0.2) is 0 Å². The highest BCUT2D eigenvalue weighted by Gasteiger charge is 2.28. The van der Waals surface area contributed by atoms with E-state index in [-0.39, 0.29) is 17.0 Å². The molecule has 3 rings (SSSR count). The smallest absolute Gasteiger partial charge is 0.342 e. The molecular weight excluding hydrogens is 374 g/mol. The maximum atomic E-state index is 12.1. The van der Waals surface area contributed by atoms with E-state index in [0.717, 1.165) is 22.3 Å². The second-order valence-corrected chi connectivity index (χ2v) is 7.11. The molecular formula is C22H25NO6. The van der Waals surface area contributed by atoms with Gasteiger partial charge in [-0.1, -0.05) is 29.9 Å². The number of hydrogen-bond acceptors (Lipinski definition) is 7. The third-order valence-electron chi connectivity index (χ3n) is 4.92. The van der Waals surface area contributed by atoms with Gasteiger partial charge < -0.3 is 13.9 Å². The lowest BCUT2D eigenvalue weighted by Gasteiger charge is -2.14. The number of anilines is 1. The molecule has 0 bridgehead atoms. The number of methoxy groups -OCH3 is 1. The Bertz CT molecular complexity index is 1000. The summed E-state index contributed by atoms with van der Waals surface area (Å²) < 4.78 is 16.7. The van der Waals surface area contributed by atoms with Crippen LogP contribution in [0.2, 0.25) is 0 Å². The molecule has 1 aliphatic rings. The molecule has 0 radical (unpaired) electrons. The highest BCUT2D eigenvalue weighted by molar-refractivity contribution is 5.58. The maximum Gasteiger partial charge on any atom is 0.342 e. The molecule has 7 heteroatoms. The van der Waals surface area contributed by atoms with Gasteiger partial charge in [0.1, 0.15) is 17.6 Å². The van der Waals surface area contributed by atoms with Gasteiger partial charge in [-0.15, -0.1) is 5.23 Å². The van der Waals surface area contributed by atoms with Crippen LogP contribution in [0.25, 0.3) is 6.08 Å². The Morgan fingerprint density at radius 3 is 2.52 bits per heavy atom. The summed E-state index contributed by atoms with van der Waals surface area (Å²) in [6.45, 7) is 5.99.